The maximum atomic E-state index is 11.9. The fourth-order valence-electron chi connectivity index (χ4n) is 2.08. The monoisotopic (exact) mass is 263 g/mol. The lowest BCUT2D eigenvalue weighted by Crippen LogP contribution is -2.33. The number of benzene rings is 1. The number of nitrogens with zero attached hydrogens (tertiary/aromatic N) is 3. The number of carbonyl (C=O) groups is 1. The van der Waals surface area contributed by atoms with E-state index in [2.05, 4.69) is 5.22 Å². The Morgan fingerprint density at radius 3 is 3.16 bits per heavy atom. The highest BCUT2D eigenvalue weighted by atomic mass is 16.6. The summed E-state index contributed by atoms with van der Waals surface area (Å²) in [6.45, 7) is 1.23. The Morgan fingerprint density at radius 2 is 2.37 bits per heavy atom. The molecule has 1 atom stereocenters. The van der Waals surface area contributed by atoms with E-state index in [1.165, 1.54) is 0 Å². The van der Waals surface area contributed by atoms with Gasteiger partial charge in [0.05, 0.1) is 13.2 Å². The average Bonchev–Trinajstić information content (AvgIpc) is 2.91. The molecule has 1 unspecified atom stereocenters. The zero-order valence-corrected chi connectivity index (χ0v) is 10.2. The minimum atomic E-state index is -0.620. The Morgan fingerprint density at radius 1 is 1.53 bits per heavy atom. The number of carbonyl (C=O) groups excluding carboxylic acids is 1. The summed E-state index contributed by atoms with van der Waals surface area (Å²) in [7, 11) is 0. The van der Waals surface area contributed by atoms with E-state index in [-0.39, 0.29) is 12.6 Å². The molecule has 1 saturated heterocycles. The molecule has 2 aliphatic rings. The van der Waals surface area contributed by atoms with Gasteiger partial charge in [-0.25, -0.2) is 0 Å². The van der Waals surface area contributed by atoms with Crippen LogP contribution < -0.4 is 0 Å². The average molecular weight is 263 g/mol. The minimum Gasteiger partial charge on any atom is -0.691 e. The Balaban J connectivity index is 1.73. The summed E-state index contributed by atoms with van der Waals surface area (Å²) in [4.78, 5) is 12.3. The SMILES string of the molecule is O=C(OC1CCOC1)N1Cc2ccccc2[N+]([O-])=N1. The number of hydrogen-bond acceptors (Lipinski definition) is 5. The van der Waals surface area contributed by atoms with Gasteiger partial charge in [-0.1, -0.05) is 23.2 Å². The van der Waals surface area contributed by atoms with Crippen molar-refractivity contribution in [2.24, 2.45) is 5.22 Å². The topological polar surface area (TPSA) is 77.2 Å². The Bertz CT molecular complexity index is 525. The minimum absolute atomic E-state index is 0.237. The van der Waals surface area contributed by atoms with Crippen LogP contribution in [-0.4, -0.2) is 35.3 Å². The predicted octanol–water partition coefficient (Wildman–Crippen LogP) is 1.94. The molecule has 2 heterocycles. The normalized spacial score (nSPS) is 21.8. The molecule has 0 spiro atoms. The molecule has 0 saturated carbocycles. The van der Waals surface area contributed by atoms with E-state index in [1.807, 2.05) is 6.07 Å². The number of hydrogen-bond donors (Lipinski definition) is 0. The lowest BCUT2D eigenvalue weighted by atomic mass is 10.2. The van der Waals surface area contributed by atoms with Gasteiger partial charge in [0.1, 0.15) is 17.9 Å². The summed E-state index contributed by atoms with van der Waals surface area (Å²) in [5.41, 5.74) is 1.20. The lowest BCUT2D eigenvalue weighted by molar-refractivity contribution is -0.465. The second kappa shape index (κ2) is 4.85. The molecule has 0 N–H and O–H groups in total. The molecule has 1 aromatic rings. The van der Waals surface area contributed by atoms with E-state index in [4.69, 9.17) is 9.47 Å². The Hall–Kier alpha value is -2.15. The summed E-state index contributed by atoms with van der Waals surface area (Å²) >= 11 is 0. The molecule has 2 aliphatic heterocycles. The molecule has 1 aromatic carbocycles. The van der Waals surface area contributed by atoms with Gasteiger partial charge in [0.2, 0.25) is 0 Å². The first kappa shape index (κ1) is 11.9. The van der Waals surface area contributed by atoms with Crippen LogP contribution in [0, 0.1) is 5.21 Å². The van der Waals surface area contributed by atoms with Crippen molar-refractivity contribution in [1.82, 2.24) is 5.01 Å². The van der Waals surface area contributed by atoms with E-state index in [0.29, 0.717) is 30.2 Å². The van der Waals surface area contributed by atoms with Crippen molar-refractivity contribution >= 4 is 11.8 Å². The molecule has 7 heteroatoms. The maximum absolute atomic E-state index is 11.9. The Kier molecular flexibility index (Phi) is 3.04. The summed E-state index contributed by atoms with van der Waals surface area (Å²) in [6, 6.07) is 7.02. The van der Waals surface area contributed by atoms with Gasteiger partial charge in [-0.3, -0.25) is 0 Å². The van der Waals surface area contributed by atoms with Crippen LogP contribution in [0.1, 0.15) is 12.0 Å². The van der Waals surface area contributed by atoms with Gasteiger partial charge in [0.15, 0.2) is 5.69 Å². The zero-order valence-electron chi connectivity index (χ0n) is 10.2. The van der Waals surface area contributed by atoms with E-state index < -0.39 is 6.09 Å². The van der Waals surface area contributed by atoms with Crippen molar-refractivity contribution in [1.29, 1.82) is 0 Å². The van der Waals surface area contributed by atoms with Crippen molar-refractivity contribution in [2.45, 2.75) is 19.1 Å². The third-order valence-corrected chi connectivity index (χ3v) is 3.07. The van der Waals surface area contributed by atoms with E-state index in [9.17, 15) is 10.0 Å². The van der Waals surface area contributed by atoms with Crippen molar-refractivity contribution in [2.75, 3.05) is 13.2 Å². The van der Waals surface area contributed by atoms with Gasteiger partial charge in [0.25, 0.3) is 0 Å². The van der Waals surface area contributed by atoms with Crippen LogP contribution in [-0.2, 0) is 16.0 Å². The lowest BCUT2D eigenvalue weighted by Gasteiger charge is -2.20. The third kappa shape index (κ3) is 2.37. The molecule has 0 aliphatic carbocycles. The van der Waals surface area contributed by atoms with Crippen LogP contribution >= 0.6 is 0 Å². The molecular formula is C12H13N3O4. The summed E-state index contributed by atoms with van der Waals surface area (Å²) in [5, 5.41) is 16.4. The first-order valence-corrected chi connectivity index (χ1v) is 6.06. The second-order valence-electron chi connectivity index (χ2n) is 4.42. The first-order valence-electron chi connectivity index (χ1n) is 6.06. The molecule has 0 aromatic heterocycles. The maximum Gasteiger partial charge on any atom is 0.528 e. The van der Waals surface area contributed by atoms with Gasteiger partial charge >= 0.3 is 6.09 Å². The summed E-state index contributed by atoms with van der Waals surface area (Å²) < 4.78 is 10.3. The number of ether oxygens (including phenoxy) is 2. The third-order valence-electron chi connectivity index (χ3n) is 3.07. The summed E-state index contributed by atoms with van der Waals surface area (Å²) in [6.07, 6.45) is -0.192. The largest absolute Gasteiger partial charge is 0.691 e. The number of rotatable bonds is 1. The quantitative estimate of drug-likeness (QED) is 0.573. The van der Waals surface area contributed by atoms with Crippen molar-refractivity contribution < 1.29 is 19.1 Å². The van der Waals surface area contributed by atoms with Crippen molar-refractivity contribution in [3.8, 4) is 0 Å². The smallest absolute Gasteiger partial charge is 0.528 e. The molecule has 0 radical (unpaired) electrons. The van der Waals surface area contributed by atoms with Crippen LogP contribution in [0.25, 0.3) is 0 Å². The molecule has 1 fully saturated rings. The fraction of sp³-hybridized carbons (Fsp3) is 0.417. The van der Waals surface area contributed by atoms with Crippen LogP contribution in [0.15, 0.2) is 29.5 Å². The highest BCUT2D eigenvalue weighted by molar-refractivity contribution is 5.67. The zero-order chi connectivity index (χ0) is 13.2. The van der Waals surface area contributed by atoms with Crippen LogP contribution in [0.5, 0.6) is 0 Å². The van der Waals surface area contributed by atoms with Gasteiger partial charge in [0, 0.05) is 12.0 Å². The summed E-state index contributed by atoms with van der Waals surface area (Å²) in [5.74, 6) is 0. The van der Waals surface area contributed by atoms with E-state index in [1.54, 1.807) is 18.2 Å². The first-order chi connectivity index (χ1) is 9.24. The van der Waals surface area contributed by atoms with Gasteiger partial charge in [-0.15, -0.1) is 4.86 Å². The molecule has 7 nitrogen and oxygen atoms in total. The van der Waals surface area contributed by atoms with Crippen LogP contribution in [0.4, 0.5) is 10.5 Å². The highest BCUT2D eigenvalue weighted by Crippen LogP contribution is 2.25. The van der Waals surface area contributed by atoms with Crippen LogP contribution in [0.2, 0.25) is 0 Å². The highest BCUT2D eigenvalue weighted by Gasteiger charge is 2.32. The van der Waals surface area contributed by atoms with Crippen molar-refractivity contribution in [3.05, 3.63) is 35.0 Å². The van der Waals surface area contributed by atoms with Gasteiger partial charge in [-0.05, 0) is 6.07 Å². The number of para-hydroxylation sites is 1. The van der Waals surface area contributed by atoms with E-state index >= 15 is 0 Å². The number of fused-ring (bicyclic) bond motifs is 1. The molecule has 19 heavy (non-hydrogen) atoms. The second-order valence-corrected chi connectivity index (χ2v) is 4.42. The molecule has 100 valence electrons. The molecule has 1 amide bonds. The van der Waals surface area contributed by atoms with Crippen LogP contribution in [0.3, 0.4) is 0 Å². The Labute approximate surface area is 109 Å². The standard InChI is InChI=1S/C12H13N3O4/c16-12(19-10-5-6-18-8-10)14-7-9-3-1-2-4-11(9)15(17)13-14/h1-4,10H,5-8H2. The fourth-order valence-corrected chi connectivity index (χ4v) is 2.08. The van der Waals surface area contributed by atoms with E-state index in [0.717, 1.165) is 10.6 Å². The molecule has 3 rings (SSSR count). The number of amides is 1. The van der Waals surface area contributed by atoms with Gasteiger partial charge < -0.3 is 14.7 Å². The molecular weight excluding hydrogens is 250 g/mol. The molecule has 0 bridgehead atoms. The van der Waals surface area contributed by atoms with Crippen molar-refractivity contribution in [3.63, 3.8) is 0 Å². The van der Waals surface area contributed by atoms with Gasteiger partial charge in [-0.2, -0.15) is 4.79 Å². The predicted molar refractivity (Wildman–Crippen MR) is 63.4 cm³/mol.